The molecule has 25 heavy (non-hydrogen) atoms. The molecule has 0 aliphatic heterocycles. The number of nitrogens with one attached hydrogen (secondary N) is 2. The van der Waals surface area contributed by atoms with Gasteiger partial charge >= 0.3 is 5.97 Å². The summed E-state index contributed by atoms with van der Waals surface area (Å²) in [6, 6.07) is 5.33. The number of carbonyl (C=O) groups is 3. The minimum Gasteiger partial charge on any atom is -0.480 e. The molecule has 1 fully saturated rings. The molecule has 0 aromatic heterocycles. The highest BCUT2D eigenvalue weighted by atomic mass is 16.4. The Hall–Kier alpha value is -2.37. The van der Waals surface area contributed by atoms with Crippen molar-refractivity contribution in [3.05, 3.63) is 34.9 Å². The van der Waals surface area contributed by atoms with Gasteiger partial charge in [-0.15, -0.1) is 0 Å². The summed E-state index contributed by atoms with van der Waals surface area (Å²) >= 11 is 0. The zero-order valence-electron chi connectivity index (χ0n) is 14.9. The molecule has 6 nitrogen and oxygen atoms in total. The third-order valence-corrected chi connectivity index (χ3v) is 4.92. The first-order valence-electron chi connectivity index (χ1n) is 8.74. The molecule has 1 aliphatic rings. The van der Waals surface area contributed by atoms with Gasteiger partial charge < -0.3 is 15.7 Å². The van der Waals surface area contributed by atoms with Crippen molar-refractivity contribution in [1.29, 1.82) is 0 Å². The second kappa shape index (κ2) is 8.14. The van der Waals surface area contributed by atoms with Gasteiger partial charge in [0.15, 0.2) is 0 Å². The number of hydrogen-bond acceptors (Lipinski definition) is 3. The van der Waals surface area contributed by atoms with Gasteiger partial charge in [-0.3, -0.25) is 9.59 Å². The van der Waals surface area contributed by atoms with Crippen LogP contribution in [0.3, 0.4) is 0 Å². The lowest BCUT2D eigenvalue weighted by atomic mass is 9.90. The van der Waals surface area contributed by atoms with E-state index in [0.717, 1.165) is 36.8 Å². The van der Waals surface area contributed by atoms with E-state index >= 15 is 0 Å². The third-order valence-electron chi connectivity index (χ3n) is 4.92. The summed E-state index contributed by atoms with van der Waals surface area (Å²) in [6.07, 6.45) is 4.38. The molecule has 0 spiro atoms. The van der Waals surface area contributed by atoms with Gasteiger partial charge in [-0.1, -0.05) is 31.7 Å². The molecular weight excluding hydrogens is 320 g/mol. The molecule has 1 saturated carbocycles. The fraction of sp³-hybridized carbons (Fsp3) is 0.526. The lowest BCUT2D eigenvalue weighted by molar-refractivity contribution is -0.148. The van der Waals surface area contributed by atoms with Gasteiger partial charge in [-0.2, -0.15) is 0 Å². The molecule has 3 N–H and O–H groups in total. The highest BCUT2D eigenvalue weighted by Crippen LogP contribution is 2.27. The molecule has 2 rings (SSSR count). The van der Waals surface area contributed by atoms with Crippen molar-refractivity contribution in [2.75, 3.05) is 6.54 Å². The largest absolute Gasteiger partial charge is 0.480 e. The number of aliphatic carboxylic acids is 1. The fourth-order valence-corrected chi connectivity index (χ4v) is 3.18. The minimum atomic E-state index is -1.21. The second-order valence-electron chi connectivity index (χ2n) is 6.83. The molecular formula is C19H26N2O4. The molecule has 0 radical (unpaired) electrons. The molecule has 1 aromatic carbocycles. The SMILES string of the molecule is Cc1ccc(C(=O)NCC(=O)NC2(C(=O)O)CCCCCC2)cc1C. The van der Waals surface area contributed by atoms with Crippen molar-refractivity contribution < 1.29 is 19.5 Å². The van der Waals surface area contributed by atoms with Crippen LogP contribution in [0, 0.1) is 13.8 Å². The van der Waals surface area contributed by atoms with Crippen molar-refractivity contribution in [2.24, 2.45) is 0 Å². The highest BCUT2D eigenvalue weighted by Gasteiger charge is 2.39. The zero-order valence-corrected chi connectivity index (χ0v) is 14.9. The van der Waals surface area contributed by atoms with E-state index < -0.39 is 17.4 Å². The fourth-order valence-electron chi connectivity index (χ4n) is 3.18. The molecule has 2 amide bonds. The molecule has 1 aliphatic carbocycles. The van der Waals surface area contributed by atoms with Gasteiger partial charge in [0.1, 0.15) is 5.54 Å². The van der Waals surface area contributed by atoms with Crippen LogP contribution in [0.25, 0.3) is 0 Å². The Morgan fingerprint density at radius 3 is 2.24 bits per heavy atom. The number of benzene rings is 1. The molecule has 136 valence electrons. The molecule has 1 aromatic rings. The molecule has 0 saturated heterocycles. The Morgan fingerprint density at radius 2 is 1.68 bits per heavy atom. The highest BCUT2D eigenvalue weighted by molar-refractivity contribution is 5.97. The van der Waals surface area contributed by atoms with Crippen LogP contribution in [0.5, 0.6) is 0 Å². The van der Waals surface area contributed by atoms with E-state index in [1.807, 2.05) is 19.9 Å². The molecule has 6 heteroatoms. The van der Waals surface area contributed by atoms with E-state index in [0.29, 0.717) is 18.4 Å². The standard InChI is InChI=1S/C19H26N2O4/c1-13-7-8-15(11-14(13)2)17(23)20-12-16(22)21-19(18(24)25)9-5-3-4-6-10-19/h7-8,11H,3-6,9-10,12H2,1-2H3,(H,20,23)(H,21,22)(H,24,25). The predicted octanol–water partition coefficient (Wildman–Crippen LogP) is 2.33. The number of rotatable bonds is 5. The first-order chi connectivity index (χ1) is 11.8. The minimum absolute atomic E-state index is 0.235. The van der Waals surface area contributed by atoms with Crippen molar-refractivity contribution >= 4 is 17.8 Å². The van der Waals surface area contributed by atoms with Gasteiger partial charge in [0, 0.05) is 5.56 Å². The summed E-state index contributed by atoms with van der Waals surface area (Å²) in [5.74, 6) is -1.81. The summed E-state index contributed by atoms with van der Waals surface area (Å²) in [5.41, 5.74) is 1.36. The average Bonchev–Trinajstić information content (AvgIpc) is 2.81. The average molecular weight is 346 g/mol. The maximum Gasteiger partial charge on any atom is 0.329 e. The van der Waals surface area contributed by atoms with E-state index in [1.54, 1.807) is 12.1 Å². The molecule has 0 unspecified atom stereocenters. The van der Waals surface area contributed by atoms with Crippen LogP contribution in [-0.2, 0) is 9.59 Å². The number of aryl methyl sites for hydroxylation is 2. The van der Waals surface area contributed by atoms with E-state index in [-0.39, 0.29) is 12.5 Å². The van der Waals surface area contributed by atoms with E-state index in [9.17, 15) is 19.5 Å². The van der Waals surface area contributed by atoms with Gasteiger partial charge in [0.2, 0.25) is 5.91 Å². The van der Waals surface area contributed by atoms with Crippen molar-refractivity contribution in [3.8, 4) is 0 Å². The summed E-state index contributed by atoms with van der Waals surface area (Å²) in [4.78, 5) is 36.1. The number of amides is 2. The predicted molar refractivity (Wildman–Crippen MR) is 94.5 cm³/mol. The Morgan fingerprint density at radius 1 is 1.04 bits per heavy atom. The maximum absolute atomic E-state index is 12.2. The Labute approximate surface area is 148 Å². The van der Waals surface area contributed by atoms with Crippen LogP contribution in [0.4, 0.5) is 0 Å². The van der Waals surface area contributed by atoms with E-state index in [1.165, 1.54) is 0 Å². The Bertz CT molecular complexity index is 661. The maximum atomic E-state index is 12.2. The zero-order chi connectivity index (χ0) is 18.4. The van der Waals surface area contributed by atoms with Crippen molar-refractivity contribution in [3.63, 3.8) is 0 Å². The van der Waals surface area contributed by atoms with Gasteiger partial charge in [0.25, 0.3) is 5.91 Å². The van der Waals surface area contributed by atoms with Gasteiger partial charge in [0.05, 0.1) is 6.54 Å². The second-order valence-corrected chi connectivity index (χ2v) is 6.83. The summed E-state index contributed by atoms with van der Waals surface area (Å²) < 4.78 is 0. The van der Waals surface area contributed by atoms with Crippen LogP contribution in [0.2, 0.25) is 0 Å². The van der Waals surface area contributed by atoms with E-state index in [4.69, 9.17) is 0 Å². The first-order valence-corrected chi connectivity index (χ1v) is 8.74. The number of carboxylic acids is 1. The number of carbonyl (C=O) groups excluding carboxylic acids is 2. The van der Waals surface area contributed by atoms with Crippen molar-refractivity contribution in [1.82, 2.24) is 10.6 Å². The van der Waals surface area contributed by atoms with Gasteiger partial charge in [-0.25, -0.2) is 4.79 Å². The van der Waals surface area contributed by atoms with Crippen LogP contribution in [0.1, 0.15) is 60.0 Å². The summed E-state index contributed by atoms with van der Waals surface area (Å²) in [7, 11) is 0. The Balaban J connectivity index is 1.95. The molecule has 0 atom stereocenters. The topological polar surface area (TPSA) is 95.5 Å². The third kappa shape index (κ3) is 4.81. The van der Waals surface area contributed by atoms with E-state index in [2.05, 4.69) is 10.6 Å². The Kier molecular flexibility index (Phi) is 6.17. The van der Waals surface area contributed by atoms with Crippen molar-refractivity contribution in [2.45, 2.75) is 57.9 Å². The molecule has 0 heterocycles. The number of carboxylic acid groups (broad SMARTS) is 1. The van der Waals surface area contributed by atoms with Crippen LogP contribution in [-0.4, -0.2) is 35.0 Å². The van der Waals surface area contributed by atoms with Crippen LogP contribution >= 0.6 is 0 Å². The van der Waals surface area contributed by atoms with Crippen LogP contribution < -0.4 is 10.6 Å². The molecule has 0 bridgehead atoms. The lowest BCUT2D eigenvalue weighted by Crippen LogP contribution is -2.56. The number of hydrogen-bond donors (Lipinski definition) is 3. The quantitative estimate of drug-likeness (QED) is 0.713. The normalized spacial score (nSPS) is 16.6. The first kappa shape index (κ1) is 19.0. The summed E-state index contributed by atoms with van der Waals surface area (Å²) in [6.45, 7) is 3.64. The van der Waals surface area contributed by atoms with Gasteiger partial charge in [-0.05, 0) is 49.9 Å². The van der Waals surface area contributed by atoms with Crippen LogP contribution in [0.15, 0.2) is 18.2 Å². The monoisotopic (exact) mass is 346 g/mol. The lowest BCUT2D eigenvalue weighted by Gasteiger charge is -2.29. The summed E-state index contributed by atoms with van der Waals surface area (Å²) in [5, 5.41) is 14.8. The smallest absolute Gasteiger partial charge is 0.329 e.